The number of thioether (sulfide) groups is 1. The van der Waals surface area contributed by atoms with Crippen LogP contribution in [0.5, 0.6) is 0 Å². The third-order valence-corrected chi connectivity index (χ3v) is 8.38. The molecular formula is C15H14N4O3S4. The molecule has 0 aliphatic rings. The normalized spacial score (nSPS) is 11.3. The first-order valence-corrected chi connectivity index (χ1v) is 11.6. The van der Waals surface area contributed by atoms with Crippen LogP contribution < -0.4 is 9.62 Å². The Hall–Kier alpha value is -1.95. The van der Waals surface area contributed by atoms with Crippen LogP contribution in [0.2, 0.25) is 0 Å². The van der Waals surface area contributed by atoms with Crippen molar-refractivity contribution in [2.75, 3.05) is 22.9 Å². The molecule has 0 unspecified atom stereocenters. The molecule has 1 aromatic carbocycles. The summed E-state index contributed by atoms with van der Waals surface area (Å²) in [6.45, 7) is 0. The van der Waals surface area contributed by atoms with Crippen molar-refractivity contribution in [3.8, 4) is 0 Å². The summed E-state index contributed by atoms with van der Waals surface area (Å²) in [4.78, 5) is 12.3. The Bertz CT molecular complexity index is 998. The number of aromatic nitrogens is 2. The van der Waals surface area contributed by atoms with E-state index in [9.17, 15) is 13.2 Å². The fourth-order valence-electron chi connectivity index (χ4n) is 2.02. The van der Waals surface area contributed by atoms with E-state index in [0.29, 0.717) is 16.4 Å². The zero-order valence-corrected chi connectivity index (χ0v) is 17.0. The number of amides is 1. The summed E-state index contributed by atoms with van der Waals surface area (Å²) in [5.74, 6) is -0.330. The highest BCUT2D eigenvalue weighted by Crippen LogP contribution is 2.26. The van der Waals surface area contributed by atoms with Gasteiger partial charge < -0.3 is 0 Å². The molecule has 136 valence electrons. The molecule has 0 radical (unpaired) electrons. The fourth-order valence-corrected chi connectivity index (χ4v) is 5.54. The van der Waals surface area contributed by atoms with Crippen LogP contribution in [-0.4, -0.2) is 37.8 Å². The Morgan fingerprint density at radius 2 is 1.92 bits per heavy atom. The van der Waals surface area contributed by atoms with Gasteiger partial charge in [-0.3, -0.25) is 14.4 Å². The monoisotopic (exact) mass is 426 g/mol. The summed E-state index contributed by atoms with van der Waals surface area (Å²) < 4.78 is 27.3. The maximum atomic E-state index is 12.5. The van der Waals surface area contributed by atoms with Gasteiger partial charge in [0, 0.05) is 12.6 Å². The maximum Gasteiger partial charge on any atom is 0.273 e. The molecular weight excluding hydrogens is 412 g/mol. The molecule has 0 spiro atoms. The highest BCUT2D eigenvalue weighted by Gasteiger charge is 2.22. The summed E-state index contributed by atoms with van der Waals surface area (Å²) in [5.41, 5.74) is 0.868. The number of nitrogens with zero attached hydrogens (tertiary/aromatic N) is 3. The summed E-state index contributed by atoms with van der Waals surface area (Å²) in [7, 11) is -2.12. The number of carbonyl (C=O) groups excluding carboxylic acids is 1. The number of rotatable bonds is 6. The van der Waals surface area contributed by atoms with E-state index in [1.54, 1.807) is 41.8 Å². The molecule has 26 heavy (non-hydrogen) atoms. The predicted octanol–water partition coefficient (Wildman–Crippen LogP) is 3.40. The van der Waals surface area contributed by atoms with Gasteiger partial charge >= 0.3 is 0 Å². The van der Waals surface area contributed by atoms with Gasteiger partial charge in [0.05, 0.1) is 5.69 Å². The van der Waals surface area contributed by atoms with Crippen molar-refractivity contribution in [1.82, 2.24) is 10.2 Å². The molecule has 0 aliphatic carbocycles. The second kappa shape index (κ2) is 7.74. The number of carbonyl (C=O) groups is 1. The van der Waals surface area contributed by atoms with Gasteiger partial charge in [-0.2, -0.15) is 0 Å². The second-order valence-corrected chi connectivity index (χ2v) is 10.2. The van der Waals surface area contributed by atoms with Gasteiger partial charge in [-0.25, -0.2) is 8.42 Å². The molecule has 0 saturated carbocycles. The standard InChI is InChI=1S/C15H14N4O3S4/c1-19(26(21,22)12-4-3-9-24-12)11-7-5-10(6-8-11)13(20)16-14-17-18-15(23-2)25-14/h3-9H,1-2H3,(H,16,17,20). The van der Waals surface area contributed by atoms with E-state index >= 15 is 0 Å². The van der Waals surface area contributed by atoms with Crippen molar-refractivity contribution in [2.24, 2.45) is 0 Å². The van der Waals surface area contributed by atoms with Crippen LogP contribution >= 0.6 is 34.4 Å². The van der Waals surface area contributed by atoms with Crippen LogP contribution in [0.3, 0.4) is 0 Å². The van der Waals surface area contributed by atoms with Gasteiger partial charge in [-0.1, -0.05) is 29.2 Å². The van der Waals surface area contributed by atoms with Crippen molar-refractivity contribution in [3.63, 3.8) is 0 Å². The van der Waals surface area contributed by atoms with E-state index in [2.05, 4.69) is 15.5 Å². The molecule has 11 heteroatoms. The molecule has 2 heterocycles. The smallest absolute Gasteiger partial charge is 0.273 e. The number of sulfonamides is 1. The minimum absolute atomic E-state index is 0.266. The number of benzene rings is 1. The molecule has 1 amide bonds. The van der Waals surface area contributed by atoms with Crippen LogP contribution in [0.25, 0.3) is 0 Å². The molecule has 0 atom stereocenters. The molecule has 0 saturated heterocycles. The fraction of sp³-hybridized carbons (Fsp3) is 0.133. The Kier molecular flexibility index (Phi) is 5.61. The van der Waals surface area contributed by atoms with Crippen molar-refractivity contribution >= 4 is 61.2 Å². The van der Waals surface area contributed by atoms with E-state index in [0.717, 1.165) is 15.7 Å². The minimum atomic E-state index is -3.60. The lowest BCUT2D eigenvalue weighted by atomic mass is 10.2. The highest BCUT2D eigenvalue weighted by atomic mass is 32.2. The van der Waals surface area contributed by atoms with E-state index in [1.807, 2.05) is 6.26 Å². The minimum Gasteiger partial charge on any atom is -0.296 e. The largest absolute Gasteiger partial charge is 0.296 e. The van der Waals surface area contributed by atoms with Crippen LogP contribution in [0.15, 0.2) is 50.3 Å². The molecule has 0 bridgehead atoms. The lowest BCUT2D eigenvalue weighted by Crippen LogP contribution is -2.25. The van der Waals surface area contributed by atoms with E-state index in [1.165, 1.54) is 34.5 Å². The Morgan fingerprint density at radius 1 is 1.19 bits per heavy atom. The molecule has 7 nitrogen and oxygen atoms in total. The third kappa shape index (κ3) is 3.90. The Morgan fingerprint density at radius 3 is 2.50 bits per heavy atom. The average Bonchev–Trinajstić information content (AvgIpc) is 3.33. The summed E-state index contributed by atoms with van der Waals surface area (Å²) in [6.07, 6.45) is 1.88. The summed E-state index contributed by atoms with van der Waals surface area (Å²) >= 11 is 3.90. The van der Waals surface area contributed by atoms with Crippen LogP contribution in [0.1, 0.15) is 10.4 Å². The van der Waals surface area contributed by atoms with Gasteiger partial charge in [-0.05, 0) is 42.0 Å². The molecule has 0 aliphatic heterocycles. The molecule has 3 rings (SSSR count). The number of thiophene rings is 1. The van der Waals surface area contributed by atoms with E-state index in [4.69, 9.17) is 0 Å². The van der Waals surface area contributed by atoms with Crippen molar-refractivity contribution in [1.29, 1.82) is 0 Å². The lowest BCUT2D eigenvalue weighted by Gasteiger charge is -2.18. The SMILES string of the molecule is CSc1nnc(NC(=O)c2ccc(N(C)S(=O)(=O)c3cccs3)cc2)s1. The molecule has 3 aromatic rings. The summed E-state index contributed by atoms with van der Waals surface area (Å²) in [6, 6.07) is 9.57. The Balaban J connectivity index is 1.74. The lowest BCUT2D eigenvalue weighted by molar-refractivity contribution is 0.102. The van der Waals surface area contributed by atoms with Gasteiger partial charge in [0.25, 0.3) is 15.9 Å². The van der Waals surface area contributed by atoms with Crippen LogP contribution in [0.4, 0.5) is 10.8 Å². The van der Waals surface area contributed by atoms with E-state index in [-0.39, 0.29) is 10.1 Å². The second-order valence-electron chi connectivity index (χ2n) is 4.98. The Labute approximate surface area is 163 Å². The van der Waals surface area contributed by atoms with Crippen molar-refractivity contribution in [2.45, 2.75) is 8.55 Å². The van der Waals surface area contributed by atoms with E-state index < -0.39 is 10.0 Å². The van der Waals surface area contributed by atoms with Gasteiger partial charge in [0.2, 0.25) is 5.13 Å². The quantitative estimate of drug-likeness (QED) is 0.480. The maximum absolute atomic E-state index is 12.5. The molecule has 2 aromatic heterocycles. The topological polar surface area (TPSA) is 92.3 Å². The van der Waals surface area contributed by atoms with Crippen LogP contribution in [0, 0.1) is 0 Å². The van der Waals surface area contributed by atoms with Crippen LogP contribution in [-0.2, 0) is 10.0 Å². The van der Waals surface area contributed by atoms with Gasteiger partial charge in [-0.15, -0.1) is 21.5 Å². The highest BCUT2D eigenvalue weighted by molar-refractivity contribution is 8.00. The zero-order valence-electron chi connectivity index (χ0n) is 13.7. The zero-order chi connectivity index (χ0) is 18.7. The molecule has 0 fully saturated rings. The number of hydrogen-bond acceptors (Lipinski definition) is 8. The first kappa shape index (κ1) is 18.8. The van der Waals surface area contributed by atoms with Crippen molar-refractivity contribution < 1.29 is 13.2 Å². The predicted molar refractivity (Wildman–Crippen MR) is 106 cm³/mol. The third-order valence-electron chi connectivity index (χ3n) is 3.40. The number of anilines is 2. The number of hydrogen-bond donors (Lipinski definition) is 1. The average molecular weight is 427 g/mol. The van der Waals surface area contributed by atoms with Crippen molar-refractivity contribution in [3.05, 3.63) is 47.3 Å². The summed E-state index contributed by atoms with van der Waals surface area (Å²) in [5, 5.41) is 12.6. The molecule has 1 N–H and O–H groups in total. The number of nitrogens with one attached hydrogen (secondary N) is 1. The first-order valence-electron chi connectivity index (χ1n) is 7.23. The van der Waals surface area contributed by atoms with Gasteiger partial charge in [0.15, 0.2) is 4.34 Å². The first-order chi connectivity index (χ1) is 12.4. The van der Waals surface area contributed by atoms with Gasteiger partial charge in [0.1, 0.15) is 4.21 Å².